The second-order valence-corrected chi connectivity index (χ2v) is 8.49. The van der Waals surface area contributed by atoms with Crippen LogP contribution in [0.2, 0.25) is 5.02 Å². The van der Waals surface area contributed by atoms with Crippen molar-refractivity contribution in [2.45, 2.75) is 13.8 Å². The zero-order chi connectivity index (χ0) is 20.4. The smallest absolute Gasteiger partial charge is 0.350 e. The molecule has 0 radical (unpaired) electrons. The van der Waals surface area contributed by atoms with Crippen LogP contribution < -0.4 is 10.1 Å². The van der Waals surface area contributed by atoms with Crippen LogP contribution in [0.25, 0.3) is 10.1 Å². The molecule has 0 aliphatic carbocycles. The first-order valence-electron chi connectivity index (χ1n) is 8.24. The number of thiophene rings is 1. The number of esters is 1. The van der Waals surface area contributed by atoms with Gasteiger partial charge in [-0.25, -0.2) is 4.79 Å². The molecular weight excluding hydrogens is 438 g/mol. The Kier molecular flexibility index (Phi) is 6.29. The molecule has 1 N–H and O–H groups in total. The number of benzene rings is 1. The second-order valence-electron chi connectivity index (χ2n) is 5.69. The number of rotatable bonds is 3. The van der Waals surface area contributed by atoms with Gasteiger partial charge in [0.25, 0.3) is 5.91 Å². The molecule has 3 rings (SSSR count). The first-order valence-corrected chi connectivity index (χ1v) is 10.7. The monoisotopic (exact) mass is 453 g/mol. The third kappa shape index (κ3) is 4.02. The molecular formula is C18H16ClN3O3S3. The Morgan fingerprint density at radius 2 is 2.00 bits per heavy atom. The molecule has 0 saturated heterocycles. The van der Waals surface area contributed by atoms with Crippen LogP contribution in [0.5, 0.6) is 0 Å². The lowest BCUT2D eigenvalue weighted by Gasteiger charge is -2.01. The predicted octanol–water partition coefficient (Wildman–Crippen LogP) is 4.06. The highest BCUT2D eigenvalue weighted by atomic mass is 35.5. The van der Waals surface area contributed by atoms with Gasteiger partial charge in [0.15, 0.2) is 4.80 Å². The van der Waals surface area contributed by atoms with Crippen LogP contribution in [0.3, 0.4) is 0 Å². The molecule has 0 bridgehead atoms. The number of halogens is 1. The minimum Gasteiger partial charge on any atom is -0.462 e. The van der Waals surface area contributed by atoms with Crippen molar-refractivity contribution in [2.24, 2.45) is 12.0 Å². The van der Waals surface area contributed by atoms with Crippen LogP contribution in [-0.2, 0) is 11.8 Å². The third-order valence-corrected chi connectivity index (χ3v) is 7.01. The second kappa shape index (κ2) is 8.52. The van der Waals surface area contributed by atoms with E-state index in [2.05, 4.69) is 10.3 Å². The number of hydrogen-bond acceptors (Lipinski definition) is 6. The molecule has 1 amide bonds. The minimum absolute atomic E-state index is 0.00854. The molecule has 28 heavy (non-hydrogen) atoms. The molecule has 3 aromatic rings. The maximum Gasteiger partial charge on any atom is 0.350 e. The fourth-order valence-electron chi connectivity index (χ4n) is 2.44. The van der Waals surface area contributed by atoms with Gasteiger partial charge in [0.1, 0.15) is 9.75 Å². The number of nitrogens with one attached hydrogen (secondary N) is 1. The lowest BCUT2D eigenvalue weighted by Crippen LogP contribution is -2.29. The number of amides is 1. The van der Waals surface area contributed by atoms with Crippen molar-refractivity contribution in [1.82, 2.24) is 9.88 Å². The van der Waals surface area contributed by atoms with Gasteiger partial charge in [-0.1, -0.05) is 41.1 Å². The summed E-state index contributed by atoms with van der Waals surface area (Å²) in [4.78, 5) is 30.2. The van der Waals surface area contributed by atoms with Crippen LogP contribution in [0.15, 0.2) is 29.3 Å². The number of carbonyl (C=O) groups is 2. The molecule has 0 atom stereocenters. The number of carbonyl (C=O) groups excluding carboxylic acids is 2. The molecule has 0 unspecified atom stereocenters. The summed E-state index contributed by atoms with van der Waals surface area (Å²) in [6.07, 6.45) is 0. The number of aromatic nitrogens is 1. The van der Waals surface area contributed by atoms with Gasteiger partial charge in [0.2, 0.25) is 5.11 Å². The Bertz CT molecular complexity index is 1160. The normalized spacial score (nSPS) is 11.6. The van der Waals surface area contributed by atoms with Crippen LogP contribution in [0, 0.1) is 6.92 Å². The van der Waals surface area contributed by atoms with Gasteiger partial charge < -0.3 is 9.30 Å². The quantitative estimate of drug-likeness (QED) is 0.479. The van der Waals surface area contributed by atoms with Crippen molar-refractivity contribution in [3.63, 3.8) is 0 Å². The molecule has 0 fully saturated rings. The molecule has 6 nitrogen and oxygen atoms in total. The first kappa shape index (κ1) is 20.7. The number of ether oxygens (including phenoxy) is 1. The summed E-state index contributed by atoms with van der Waals surface area (Å²) in [5, 5.41) is 3.79. The largest absolute Gasteiger partial charge is 0.462 e. The van der Waals surface area contributed by atoms with Gasteiger partial charge in [-0.15, -0.1) is 11.3 Å². The first-order chi connectivity index (χ1) is 13.3. The van der Waals surface area contributed by atoms with Crippen molar-refractivity contribution in [1.29, 1.82) is 0 Å². The summed E-state index contributed by atoms with van der Waals surface area (Å²) >= 11 is 14.0. The van der Waals surface area contributed by atoms with Crippen molar-refractivity contribution >= 4 is 73.6 Å². The molecule has 1 aromatic carbocycles. The van der Waals surface area contributed by atoms with E-state index in [1.807, 2.05) is 24.3 Å². The number of hydrogen-bond donors (Lipinski definition) is 1. The Hall–Kier alpha value is -2.07. The Labute approximate surface area is 179 Å². The lowest BCUT2D eigenvalue weighted by molar-refractivity contribution is 0.0530. The Morgan fingerprint density at radius 3 is 2.68 bits per heavy atom. The van der Waals surface area contributed by atoms with Gasteiger partial charge in [0, 0.05) is 22.8 Å². The summed E-state index contributed by atoms with van der Waals surface area (Å²) in [6.45, 7) is 3.83. The van der Waals surface area contributed by atoms with E-state index >= 15 is 0 Å². The number of thiocarbonyl (C=S) groups is 1. The van der Waals surface area contributed by atoms with Crippen molar-refractivity contribution in [3.05, 3.63) is 49.5 Å². The average molecular weight is 454 g/mol. The molecule has 0 aliphatic rings. The summed E-state index contributed by atoms with van der Waals surface area (Å²) in [5.74, 6) is -0.824. The maximum absolute atomic E-state index is 12.6. The van der Waals surface area contributed by atoms with E-state index in [1.165, 1.54) is 11.3 Å². The van der Waals surface area contributed by atoms with Gasteiger partial charge in [-0.3, -0.25) is 10.1 Å². The van der Waals surface area contributed by atoms with Crippen LogP contribution in [-0.4, -0.2) is 28.2 Å². The summed E-state index contributed by atoms with van der Waals surface area (Å²) < 4.78 is 7.69. The fraction of sp³-hybridized carbons (Fsp3) is 0.222. The highest BCUT2D eigenvalue weighted by Crippen LogP contribution is 2.34. The molecule has 0 aliphatic heterocycles. The van der Waals surface area contributed by atoms with E-state index in [0.29, 0.717) is 25.3 Å². The van der Waals surface area contributed by atoms with E-state index < -0.39 is 11.9 Å². The Morgan fingerprint density at radius 1 is 1.29 bits per heavy atom. The molecule has 0 saturated carbocycles. The molecule has 0 spiro atoms. The fourth-order valence-corrected chi connectivity index (χ4v) is 5.11. The molecule has 10 heteroatoms. The van der Waals surface area contributed by atoms with Crippen LogP contribution in [0.4, 0.5) is 0 Å². The van der Waals surface area contributed by atoms with Crippen molar-refractivity contribution in [2.75, 3.05) is 6.61 Å². The number of nitrogens with zero attached hydrogens (tertiary/aromatic N) is 2. The van der Waals surface area contributed by atoms with Crippen LogP contribution >= 0.6 is 46.5 Å². The number of fused-ring (bicyclic) bond motifs is 1. The van der Waals surface area contributed by atoms with E-state index in [1.54, 1.807) is 25.5 Å². The van der Waals surface area contributed by atoms with Gasteiger partial charge >= 0.3 is 5.97 Å². The molecule has 146 valence electrons. The maximum atomic E-state index is 12.6. The van der Waals surface area contributed by atoms with Gasteiger partial charge in [0.05, 0.1) is 11.6 Å². The zero-order valence-electron chi connectivity index (χ0n) is 15.2. The van der Waals surface area contributed by atoms with E-state index in [0.717, 1.165) is 21.4 Å². The topological polar surface area (TPSA) is 72.7 Å². The zero-order valence-corrected chi connectivity index (χ0v) is 18.4. The predicted molar refractivity (Wildman–Crippen MR) is 116 cm³/mol. The highest BCUT2D eigenvalue weighted by molar-refractivity contribution is 7.80. The van der Waals surface area contributed by atoms with E-state index in [9.17, 15) is 9.59 Å². The van der Waals surface area contributed by atoms with Gasteiger partial charge in [-0.2, -0.15) is 4.99 Å². The highest BCUT2D eigenvalue weighted by Gasteiger charge is 2.19. The van der Waals surface area contributed by atoms with Crippen LogP contribution in [0.1, 0.15) is 32.0 Å². The SMILES string of the molecule is CCOC(=O)c1sc(=NC(=S)NC(=O)c2sc3ccccc3c2Cl)n(C)c1C. The Balaban J connectivity index is 1.85. The molecule has 2 aromatic heterocycles. The van der Waals surface area contributed by atoms with Crippen molar-refractivity contribution < 1.29 is 14.3 Å². The third-order valence-electron chi connectivity index (χ3n) is 3.93. The summed E-state index contributed by atoms with van der Waals surface area (Å²) in [6, 6.07) is 7.51. The van der Waals surface area contributed by atoms with E-state index in [4.69, 9.17) is 28.6 Å². The van der Waals surface area contributed by atoms with E-state index in [-0.39, 0.29) is 11.7 Å². The van der Waals surface area contributed by atoms with Gasteiger partial charge in [-0.05, 0) is 32.1 Å². The minimum atomic E-state index is -0.415. The summed E-state index contributed by atoms with van der Waals surface area (Å²) in [5.41, 5.74) is 0.712. The summed E-state index contributed by atoms with van der Waals surface area (Å²) in [7, 11) is 1.76. The van der Waals surface area contributed by atoms with Crippen molar-refractivity contribution in [3.8, 4) is 0 Å². The average Bonchev–Trinajstić information content (AvgIpc) is 3.14. The standard InChI is InChI=1S/C18H16ClN3O3S3/c1-4-25-16(24)13-9(2)22(3)18(28-13)21-17(26)20-15(23)14-12(19)10-7-5-6-8-11(10)27-14/h5-8H,4H2,1-3H3,(H,20,23,26). The molecule has 2 heterocycles. The lowest BCUT2D eigenvalue weighted by atomic mass is 10.2. The number of thiazole rings is 1.